The number of aromatic carboxylic acids is 1. The number of nitrogens with one attached hydrogen (secondary N) is 1. The molecule has 4 N–H and O–H groups in total. The predicted molar refractivity (Wildman–Crippen MR) is 189 cm³/mol. The first-order chi connectivity index (χ1) is 23.8. The van der Waals surface area contributed by atoms with Crippen molar-refractivity contribution in [2.75, 3.05) is 43.0 Å². The summed E-state index contributed by atoms with van der Waals surface area (Å²) >= 11 is 2.88. The van der Waals surface area contributed by atoms with Crippen LogP contribution in [0.4, 0.5) is 26.3 Å². The number of rotatable bonds is 10. The molecular formula is C35H36FN8O3S2+. The first kappa shape index (κ1) is 32.8. The van der Waals surface area contributed by atoms with Gasteiger partial charge in [0.2, 0.25) is 0 Å². The Labute approximate surface area is 291 Å². The van der Waals surface area contributed by atoms with Crippen molar-refractivity contribution >= 4 is 60.8 Å². The van der Waals surface area contributed by atoms with Gasteiger partial charge in [-0.25, -0.2) is 23.7 Å². The van der Waals surface area contributed by atoms with Crippen LogP contribution in [0.25, 0.3) is 10.2 Å². The molecule has 0 atom stereocenters. The molecule has 0 bridgehead atoms. The van der Waals surface area contributed by atoms with Crippen molar-refractivity contribution in [2.24, 2.45) is 5.84 Å². The van der Waals surface area contributed by atoms with Gasteiger partial charge in [0.1, 0.15) is 0 Å². The van der Waals surface area contributed by atoms with Crippen molar-refractivity contribution in [1.29, 1.82) is 0 Å². The number of para-hydroxylation sites is 1. The molecule has 0 amide bonds. The van der Waals surface area contributed by atoms with Gasteiger partial charge in [0.15, 0.2) is 45.7 Å². The van der Waals surface area contributed by atoms with Crippen LogP contribution in [-0.4, -0.2) is 68.6 Å². The number of hydrogen-bond donors (Lipinski definition) is 3. The quantitative estimate of drug-likeness (QED) is 0.0653. The van der Waals surface area contributed by atoms with E-state index < -0.39 is 11.8 Å². The lowest BCUT2D eigenvalue weighted by Crippen LogP contribution is -2.52. The molecule has 3 aromatic heterocycles. The highest BCUT2D eigenvalue weighted by Crippen LogP contribution is 2.39. The van der Waals surface area contributed by atoms with E-state index in [2.05, 4.69) is 37.3 Å². The van der Waals surface area contributed by atoms with Crippen LogP contribution in [0.1, 0.15) is 57.7 Å². The zero-order valence-corrected chi connectivity index (χ0v) is 28.7. The summed E-state index contributed by atoms with van der Waals surface area (Å²) in [5.41, 5.74) is 3.52. The van der Waals surface area contributed by atoms with Gasteiger partial charge in [-0.3, -0.25) is 0 Å². The average molecular weight is 700 g/mol. The molecule has 5 heterocycles. The maximum Gasteiger partial charge on any atom is 0.355 e. The molecular weight excluding hydrogens is 664 g/mol. The van der Waals surface area contributed by atoms with Gasteiger partial charge in [0.05, 0.1) is 29.9 Å². The van der Waals surface area contributed by atoms with Gasteiger partial charge in [0.25, 0.3) is 0 Å². The van der Waals surface area contributed by atoms with Crippen molar-refractivity contribution in [3.63, 3.8) is 0 Å². The van der Waals surface area contributed by atoms with Crippen molar-refractivity contribution in [3.8, 4) is 17.6 Å². The van der Waals surface area contributed by atoms with Crippen LogP contribution in [-0.2, 0) is 12.8 Å². The van der Waals surface area contributed by atoms with Gasteiger partial charge in [0, 0.05) is 41.0 Å². The third-order valence-corrected chi connectivity index (χ3v) is 10.9. The number of likely N-dealkylation sites (tertiary alicyclic amines) is 1. The SMILES string of the molecule is Cc1c(Nc2nc3ccccc3s2)nnc2c1CCCN2c1nc(C(=O)O)c(CCCOc2ccc(C#CC[N+]3(N)CCCC3)cc2F)s1. The van der Waals surface area contributed by atoms with E-state index in [1.165, 1.54) is 17.4 Å². The summed E-state index contributed by atoms with van der Waals surface area (Å²) in [5, 5.41) is 23.7. The highest BCUT2D eigenvalue weighted by atomic mass is 32.1. The van der Waals surface area contributed by atoms with E-state index in [0.717, 1.165) is 65.2 Å². The average Bonchev–Trinajstić information content (AvgIpc) is 3.83. The van der Waals surface area contributed by atoms with Crippen LogP contribution in [0.5, 0.6) is 5.75 Å². The van der Waals surface area contributed by atoms with Gasteiger partial charge in [-0.05, 0) is 68.9 Å². The number of carboxylic acids is 1. The lowest BCUT2D eigenvalue weighted by Gasteiger charge is -2.28. The van der Waals surface area contributed by atoms with Crippen LogP contribution in [0.15, 0.2) is 42.5 Å². The van der Waals surface area contributed by atoms with Crippen LogP contribution in [0.3, 0.4) is 0 Å². The Kier molecular flexibility index (Phi) is 9.42. The number of benzene rings is 2. The smallest absolute Gasteiger partial charge is 0.355 e. The molecule has 14 heteroatoms. The number of carboxylic acid groups (broad SMARTS) is 1. The Bertz CT molecular complexity index is 2050. The number of carbonyl (C=O) groups is 1. The first-order valence-corrected chi connectivity index (χ1v) is 17.9. The highest BCUT2D eigenvalue weighted by Gasteiger charge is 2.29. The van der Waals surface area contributed by atoms with E-state index in [0.29, 0.717) is 57.7 Å². The number of ether oxygens (including phenoxy) is 1. The minimum absolute atomic E-state index is 0.00974. The Morgan fingerprint density at radius 3 is 2.78 bits per heavy atom. The number of aromatic nitrogens is 4. The summed E-state index contributed by atoms with van der Waals surface area (Å²) in [6.45, 7) is 5.24. The van der Waals surface area contributed by atoms with Gasteiger partial charge in [-0.2, -0.15) is 5.84 Å². The maximum absolute atomic E-state index is 14.8. The van der Waals surface area contributed by atoms with E-state index in [1.807, 2.05) is 36.1 Å². The monoisotopic (exact) mass is 699 g/mol. The minimum atomic E-state index is -1.09. The lowest BCUT2D eigenvalue weighted by molar-refractivity contribution is -0.921. The van der Waals surface area contributed by atoms with Crippen LogP contribution in [0.2, 0.25) is 0 Å². The fourth-order valence-electron chi connectivity index (χ4n) is 6.24. The number of fused-ring (bicyclic) bond motifs is 2. The Hall–Kier alpha value is -4.68. The van der Waals surface area contributed by atoms with Gasteiger partial charge in [-0.1, -0.05) is 29.4 Å². The summed E-state index contributed by atoms with van der Waals surface area (Å²) in [6.07, 6.45) is 4.79. The summed E-state index contributed by atoms with van der Waals surface area (Å²) in [5.74, 6) is 12.3. The molecule has 0 unspecified atom stereocenters. The molecule has 49 heavy (non-hydrogen) atoms. The standard InChI is InChI=1S/C35H35FN8O3S2/c1-22-24-10-6-16-43(32(24)42-41-31(22)40-34-38-26-11-2-3-12-28(26)48-34)35-39-30(33(45)46)29(49-35)13-8-20-47-27-15-14-23(21-25(27)36)9-7-19-44(37)17-4-5-18-44/h2-3,11-12,14-15,21H,4-6,8,10,13,16-20,37H2,1H3,(H-,38,40,41,45,46)/p+1. The second-order valence-electron chi connectivity index (χ2n) is 12.3. The molecule has 2 aliphatic rings. The molecule has 0 saturated carbocycles. The summed E-state index contributed by atoms with van der Waals surface area (Å²) < 4.78 is 22.0. The molecule has 5 aromatic rings. The molecule has 252 valence electrons. The zero-order chi connectivity index (χ0) is 34.0. The number of nitrogens with two attached hydrogens (primary N) is 1. The molecule has 2 aliphatic heterocycles. The summed E-state index contributed by atoms with van der Waals surface area (Å²) in [4.78, 5) is 23.9. The van der Waals surface area contributed by atoms with E-state index in [1.54, 1.807) is 23.5 Å². The van der Waals surface area contributed by atoms with E-state index in [9.17, 15) is 14.3 Å². The second kappa shape index (κ2) is 14.0. The van der Waals surface area contributed by atoms with Gasteiger partial charge < -0.3 is 20.1 Å². The molecule has 0 spiro atoms. The third-order valence-electron chi connectivity index (χ3n) is 8.85. The number of halogens is 1. The number of anilines is 4. The zero-order valence-electron chi connectivity index (χ0n) is 27.0. The molecule has 0 radical (unpaired) electrons. The number of thiazole rings is 2. The fourth-order valence-corrected chi connectivity index (χ4v) is 8.22. The van der Waals surface area contributed by atoms with Crippen molar-refractivity contribution in [3.05, 3.63) is 75.5 Å². The van der Waals surface area contributed by atoms with Crippen LogP contribution in [0, 0.1) is 24.6 Å². The largest absolute Gasteiger partial charge is 0.491 e. The topological polar surface area (TPSA) is 139 Å². The van der Waals surface area contributed by atoms with E-state index >= 15 is 0 Å². The lowest BCUT2D eigenvalue weighted by atomic mass is 10.0. The second-order valence-corrected chi connectivity index (χ2v) is 14.4. The van der Waals surface area contributed by atoms with Crippen molar-refractivity contribution in [2.45, 2.75) is 45.4 Å². The Balaban J connectivity index is 0.998. The molecule has 0 aliphatic carbocycles. The molecule has 11 nitrogen and oxygen atoms in total. The van der Waals surface area contributed by atoms with Crippen molar-refractivity contribution < 1.29 is 23.6 Å². The third kappa shape index (κ3) is 7.20. The molecule has 1 saturated heterocycles. The molecule has 7 rings (SSSR count). The maximum atomic E-state index is 14.8. The predicted octanol–water partition coefficient (Wildman–Crippen LogP) is 6.36. The number of aryl methyl sites for hydroxylation is 1. The highest BCUT2D eigenvalue weighted by molar-refractivity contribution is 7.22. The summed E-state index contributed by atoms with van der Waals surface area (Å²) in [6, 6.07) is 12.6. The normalized spacial score (nSPS) is 15.1. The Morgan fingerprint density at radius 2 is 1.98 bits per heavy atom. The van der Waals surface area contributed by atoms with Crippen LogP contribution < -0.4 is 20.8 Å². The number of nitrogens with zero attached hydrogens (tertiary/aromatic N) is 6. The van der Waals surface area contributed by atoms with Gasteiger partial charge in [-0.15, -0.1) is 21.5 Å². The summed E-state index contributed by atoms with van der Waals surface area (Å²) in [7, 11) is 0. The van der Waals surface area contributed by atoms with Crippen molar-refractivity contribution in [1.82, 2.24) is 20.2 Å². The number of hydrogen-bond acceptors (Lipinski definition) is 11. The first-order valence-electron chi connectivity index (χ1n) is 16.3. The molecule has 2 aromatic carbocycles. The Morgan fingerprint density at radius 1 is 1.14 bits per heavy atom. The minimum Gasteiger partial charge on any atom is -0.491 e. The number of quaternary nitrogens is 1. The van der Waals surface area contributed by atoms with Crippen LogP contribution >= 0.6 is 22.7 Å². The fraction of sp³-hybridized carbons (Fsp3) is 0.343. The van der Waals surface area contributed by atoms with E-state index in [4.69, 9.17) is 10.6 Å². The molecule has 1 fully saturated rings. The van der Waals surface area contributed by atoms with Gasteiger partial charge >= 0.3 is 5.97 Å². The van der Waals surface area contributed by atoms with E-state index in [-0.39, 0.29) is 18.1 Å².